The number of fused-ring (bicyclic) bond motifs is 1. The molecule has 176 valence electrons. The minimum Gasteiger partial charge on any atom is -0.481 e. The van der Waals surface area contributed by atoms with E-state index >= 15 is 0 Å². The van der Waals surface area contributed by atoms with Gasteiger partial charge in [0.2, 0.25) is 0 Å². The van der Waals surface area contributed by atoms with E-state index in [9.17, 15) is 19.8 Å². The number of carboxylic acid groups (broad SMARTS) is 2. The molecule has 1 aromatic heterocycles. The fraction of sp³-hybridized carbons (Fsp3) is 0.444. The molecule has 33 heavy (non-hydrogen) atoms. The monoisotopic (exact) mass is 467 g/mol. The van der Waals surface area contributed by atoms with Gasteiger partial charge < -0.3 is 10.2 Å². The maximum atomic E-state index is 11.8. The minimum absolute atomic E-state index is 0.180. The SMILES string of the molecule is CCCc1ccc(CC[C@H](CC(CCCCc2nc3ccccc3s2)C(=O)O)C(=O)O)cc1. The van der Waals surface area contributed by atoms with Crippen molar-refractivity contribution < 1.29 is 19.8 Å². The molecule has 0 radical (unpaired) electrons. The van der Waals surface area contributed by atoms with Gasteiger partial charge in [-0.15, -0.1) is 11.3 Å². The number of carboxylic acids is 2. The lowest BCUT2D eigenvalue weighted by atomic mass is 9.87. The van der Waals surface area contributed by atoms with Gasteiger partial charge >= 0.3 is 11.9 Å². The Morgan fingerprint density at radius 2 is 1.48 bits per heavy atom. The van der Waals surface area contributed by atoms with Crippen LogP contribution in [0.3, 0.4) is 0 Å². The minimum atomic E-state index is -0.904. The van der Waals surface area contributed by atoms with E-state index in [4.69, 9.17) is 0 Å². The molecular formula is C27H33NO4S. The van der Waals surface area contributed by atoms with Crippen LogP contribution in [0.2, 0.25) is 0 Å². The summed E-state index contributed by atoms with van der Waals surface area (Å²) in [4.78, 5) is 28.3. The summed E-state index contributed by atoms with van der Waals surface area (Å²) in [6.45, 7) is 2.14. The zero-order valence-electron chi connectivity index (χ0n) is 19.2. The largest absolute Gasteiger partial charge is 0.481 e. The van der Waals surface area contributed by atoms with Crippen molar-refractivity contribution in [1.29, 1.82) is 0 Å². The fourth-order valence-corrected chi connectivity index (χ4v) is 5.23. The third-order valence-electron chi connectivity index (χ3n) is 6.14. The second-order valence-electron chi connectivity index (χ2n) is 8.73. The van der Waals surface area contributed by atoms with E-state index in [0.717, 1.165) is 48.2 Å². The summed E-state index contributed by atoms with van der Waals surface area (Å²) in [5.41, 5.74) is 3.39. The van der Waals surface area contributed by atoms with Crippen molar-refractivity contribution in [2.45, 2.75) is 64.7 Å². The molecule has 0 aliphatic carbocycles. The lowest BCUT2D eigenvalue weighted by molar-refractivity contribution is -0.146. The Balaban J connectivity index is 1.48. The van der Waals surface area contributed by atoms with Crippen LogP contribution in [0.5, 0.6) is 0 Å². The molecule has 1 heterocycles. The molecule has 3 rings (SSSR count). The normalized spacial score (nSPS) is 13.1. The van der Waals surface area contributed by atoms with Gasteiger partial charge in [0.05, 0.1) is 27.1 Å². The summed E-state index contributed by atoms with van der Waals surface area (Å²) in [6, 6.07) is 16.3. The van der Waals surface area contributed by atoms with Crippen molar-refractivity contribution in [3.63, 3.8) is 0 Å². The Bertz CT molecular complexity index is 1010. The number of aryl methyl sites for hydroxylation is 3. The predicted molar refractivity (Wildman–Crippen MR) is 133 cm³/mol. The van der Waals surface area contributed by atoms with Gasteiger partial charge in [0.15, 0.2) is 0 Å². The Kier molecular flexibility index (Phi) is 9.43. The number of benzene rings is 2. The zero-order chi connectivity index (χ0) is 23.6. The molecular weight excluding hydrogens is 434 g/mol. The Labute approximate surface area is 199 Å². The van der Waals surface area contributed by atoms with E-state index in [1.807, 2.05) is 18.2 Å². The fourth-order valence-electron chi connectivity index (χ4n) is 4.22. The zero-order valence-corrected chi connectivity index (χ0v) is 20.0. The summed E-state index contributed by atoms with van der Waals surface area (Å²) in [6.07, 6.45) is 6.33. The lowest BCUT2D eigenvalue weighted by Gasteiger charge is -2.18. The number of nitrogens with zero attached hydrogens (tertiary/aromatic N) is 1. The molecule has 0 saturated carbocycles. The smallest absolute Gasteiger partial charge is 0.306 e. The standard InChI is InChI=1S/C27H33NO4S/c1-2-7-19-12-14-20(15-13-19)16-17-22(27(31)32)18-21(26(29)30)8-3-6-11-25-28-23-9-4-5-10-24(23)33-25/h4-5,9-10,12-15,21-22H,2-3,6-8,11,16-18H2,1H3,(H,29,30)(H,31,32)/t21?,22-/m1/s1. The van der Waals surface area contributed by atoms with Gasteiger partial charge in [-0.2, -0.15) is 0 Å². The Morgan fingerprint density at radius 3 is 2.12 bits per heavy atom. The number of carbonyl (C=O) groups is 2. The first-order valence-electron chi connectivity index (χ1n) is 11.8. The number of hydrogen-bond acceptors (Lipinski definition) is 4. The third-order valence-corrected chi connectivity index (χ3v) is 7.24. The average molecular weight is 468 g/mol. The summed E-state index contributed by atoms with van der Waals surface area (Å²) in [7, 11) is 0. The van der Waals surface area contributed by atoms with Gasteiger partial charge in [-0.25, -0.2) is 4.98 Å². The quantitative estimate of drug-likeness (QED) is 0.268. The molecule has 0 aliphatic heterocycles. The Hall–Kier alpha value is -2.73. The van der Waals surface area contributed by atoms with Gasteiger partial charge in [0.25, 0.3) is 0 Å². The molecule has 6 heteroatoms. The highest BCUT2D eigenvalue weighted by atomic mass is 32.1. The van der Waals surface area contributed by atoms with Gasteiger partial charge in [0, 0.05) is 0 Å². The molecule has 2 atom stereocenters. The van der Waals surface area contributed by atoms with Crippen molar-refractivity contribution in [3.05, 3.63) is 64.7 Å². The number of para-hydroxylation sites is 1. The molecule has 0 saturated heterocycles. The maximum absolute atomic E-state index is 11.8. The highest BCUT2D eigenvalue weighted by Gasteiger charge is 2.26. The number of aromatic nitrogens is 1. The number of thiazole rings is 1. The van der Waals surface area contributed by atoms with E-state index in [1.165, 1.54) is 10.3 Å². The molecule has 0 amide bonds. The number of hydrogen-bond donors (Lipinski definition) is 2. The van der Waals surface area contributed by atoms with Crippen molar-refractivity contribution in [2.24, 2.45) is 11.8 Å². The molecule has 2 N–H and O–H groups in total. The highest BCUT2D eigenvalue weighted by Crippen LogP contribution is 2.26. The number of aliphatic carboxylic acids is 2. The maximum Gasteiger partial charge on any atom is 0.306 e. The molecule has 0 spiro atoms. The number of rotatable bonds is 14. The van der Waals surface area contributed by atoms with E-state index < -0.39 is 23.8 Å². The van der Waals surface area contributed by atoms with Gasteiger partial charge in [0.1, 0.15) is 0 Å². The van der Waals surface area contributed by atoms with Gasteiger partial charge in [-0.3, -0.25) is 9.59 Å². The first kappa shape index (κ1) is 24.9. The van der Waals surface area contributed by atoms with Crippen LogP contribution >= 0.6 is 11.3 Å². The van der Waals surface area contributed by atoms with Crippen LogP contribution in [-0.2, 0) is 28.9 Å². The first-order valence-corrected chi connectivity index (χ1v) is 12.7. The molecule has 0 bridgehead atoms. The molecule has 3 aromatic rings. The van der Waals surface area contributed by atoms with E-state index in [0.29, 0.717) is 19.3 Å². The Morgan fingerprint density at radius 1 is 0.848 bits per heavy atom. The summed E-state index contributed by atoms with van der Waals surface area (Å²) < 4.78 is 1.17. The first-order chi connectivity index (χ1) is 16.0. The predicted octanol–water partition coefficient (Wildman–Crippen LogP) is 6.39. The second-order valence-corrected chi connectivity index (χ2v) is 9.85. The van der Waals surface area contributed by atoms with Gasteiger partial charge in [-0.1, -0.05) is 56.2 Å². The summed E-state index contributed by atoms with van der Waals surface area (Å²) >= 11 is 1.68. The lowest BCUT2D eigenvalue weighted by Crippen LogP contribution is -2.23. The van der Waals surface area contributed by atoms with Crippen LogP contribution in [0, 0.1) is 11.8 Å². The molecule has 5 nitrogen and oxygen atoms in total. The second kappa shape index (κ2) is 12.5. The van der Waals surface area contributed by atoms with Crippen molar-refractivity contribution >= 4 is 33.5 Å². The van der Waals surface area contributed by atoms with Gasteiger partial charge in [-0.05, 0) is 68.2 Å². The molecule has 0 fully saturated rings. The third kappa shape index (κ3) is 7.67. The van der Waals surface area contributed by atoms with Crippen LogP contribution in [0.1, 0.15) is 61.6 Å². The van der Waals surface area contributed by atoms with Crippen LogP contribution in [0.15, 0.2) is 48.5 Å². The highest BCUT2D eigenvalue weighted by molar-refractivity contribution is 7.18. The van der Waals surface area contributed by atoms with E-state index in [-0.39, 0.29) is 6.42 Å². The summed E-state index contributed by atoms with van der Waals surface area (Å²) in [5, 5.41) is 20.4. The topological polar surface area (TPSA) is 87.5 Å². The van der Waals surface area contributed by atoms with E-state index in [2.05, 4.69) is 42.2 Å². The molecule has 2 aromatic carbocycles. The van der Waals surface area contributed by atoms with Crippen molar-refractivity contribution in [1.82, 2.24) is 4.98 Å². The average Bonchev–Trinajstić information content (AvgIpc) is 3.21. The van der Waals surface area contributed by atoms with Crippen LogP contribution < -0.4 is 0 Å². The van der Waals surface area contributed by atoms with Crippen molar-refractivity contribution in [3.8, 4) is 0 Å². The number of unbranched alkanes of at least 4 members (excludes halogenated alkanes) is 1. The molecule has 1 unspecified atom stereocenters. The van der Waals surface area contributed by atoms with Crippen LogP contribution in [0.4, 0.5) is 0 Å². The molecule has 0 aliphatic rings. The van der Waals surface area contributed by atoms with Crippen molar-refractivity contribution in [2.75, 3.05) is 0 Å². The van der Waals surface area contributed by atoms with Crippen LogP contribution in [-0.4, -0.2) is 27.1 Å². The summed E-state index contributed by atoms with van der Waals surface area (Å²) in [5.74, 6) is -3.08. The van der Waals surface area contributed by atoms with Crippen LogP contribution in [0.25, 0.3) is 10.2 Å². The van der Waals surface area contributed by atoms with E-state index in [1.54, 1.807) is 11.3 Å².